The molecule has 21 heavy (non-hydrogen) atoms. The molecule has 0 amide bonds. The van der Waals surface area contributed by atoms with Crippen molar-refractivity contribution in [3.05, 3.63) is 29.8 Å². The predicted molar refractivity (Wildman–Crippen MR) is 98.2 cm³/mol. The van der Waals surface area contributed by atoms with Crippen LogP contribution in [-0.4, -0.2) is 31.9 Å². The molecule has 1 saturated heterocycles. The zero-order valence-corrected chi connectivity index (χ0v) is 15.2. The molecule has 0 bridgehead atoms. The van der Waals surface area contributed by atoms with Gasteiger partial charge in [-0.05, 0) is 37.0 Å². The standard InChI is InChI=1S/C14H21N3O2S.HI/c1-2-11-5-7-12(8-6-11)17-14(15)16-10-13-4-3-9-20(13,18)19;/h5-8,13H,2-4,9-10H2,1H3,(H3,15,16,17);1H. The largest absolute Gasteiger partial charge is 0.370 e. The minimum absolute atomic E-state index is 0. The van der Waals surface area contributed by atoms with E-state index in [2.05, 4.69) is 17.2 Å². The maximum atomic E-state index is 11.7. The van der Waals surface area contributed by atoms with Gasteiger partial charge in [0.1, 0.15) is 0 Å². The fourth-order valence-electron chi connectivity index (χ4n) is 2.27. The lowest BCUT2D eigenvalue weighted by Gasteiger charge is -2.09. The van der Waals surface area contributed by atoms with Gasteiger partial charge in [0, 0.05) is 5.69 Å². The molecule has 2 rings (SSSR count). The van der Waals surface area contributed by atoms with E-state index in [4.69, 9.17) is 5.73 Å². The van der Waals surface area contributed by atoms with Gasteiger partial charge in [0.15, 0.2) is 15.8 Å². The Kier molecular flexibility index (Phi) is 6.92. The minimum Gasteiger partial charge on any atom is -0.370 e. The van der Waals surface area contributed by atoms with E-state index >= 15 is 0 Å². The number of nitrogens with zero attached hydrogens (tertiary/aromatic N) is 1. The lowest BCUT2D eigenvalue weighted by atomic mass is 10.1. The molecule has 1 aliphatic heterocycles. The number of benzene rings is 1. The summed E-state index contributed by atoms with van der Waals surface area (Å²) in [5.74, 6) is 0.537. The lowest BCUT2D eigenvalue weighted by molar-refractivity contribution is 0.590. The maximum absolute atomic E-state index is 11.7. The molecule has 118 valence electrons. The first-order chi connectivity index (χ1) is 9.51. The molecule has 3 N–H and O–H groups in total. The van der Waals surface area contributed by atoms with Gasteiger partial charge < -0.3 is 11.1 Å². The third-order valence-electron chi connectivity index (χ3n) is 3.56. The third kappa shape index (κ3) is 5.14. The quantitative estimate of drug-likeness (QED) is 0.442. The smallest absolute Gasteiger partial charge is 0.193 e. The van der Waals surface area contributed by atoms with Crippen LogP contribution >= 0.6 is 24.0 Å². The van der Waals surface area contributed by atoms with Crippen LogP contribution in [-0.2, 0) is 16.3 Å². The van der Waals surface area contributed by atoms with Gasteiger partial charge in [-0.3, -0.25) is 4.99 Å². The van der Waals surface area contributed by atoms with Crippen LogP contribution in [0.4, 0.5) is 5.69 Å². The number of nitrogens with one attached hydrogen (secondary N) is 1. The van der Waals surface area contributed by atoms with Crippen LogP contribution in [0.25, 0.3) is 0 Å². The molecule has 1 fully saturated rings. The first kappa shape index (κ1) is 18.2. The number of hydrogen-bond acceptors (Lipinski definition) is 3. The number of aliphatic imine (C=N–C) groups is 1. The second-order valence-electron chi connectivity index (χ2n) is 5.03. The van der Waals surface area contributed by atoms with Crippen LogP contribution in [0.3, 0.4) is 0 Å². The highest BCUT2D eigenvalue weighted by Gasteiger charge is 2.30. The van der Waals surface area contributed by atoms with Crippen molar-refractivity contribution >= 4 is 45.5 Å². The van der Waals surface area contributed by atoms with Gasteiger partial charge in [0.25, 0.3) is 0 Å². The molecule has 0 saturated carbocycles. The molecule has 1 aromatic carbocycles. The van der Waals surface area contributed by atoms with Crippen molar-refractivity contribution in [1.82, 2.24) is 0 Å². The van der Waals surface area contributed by atoms with Crippen molar-refractivity contribution in [2.24, 2.45) is 10.7 Å². The number of guanidine groups is 1. The zero-order valence-electron chi connectivity index (χ0n) is 12.1. The van der Waals surface area contributed by atoms with Crippen molar-refractivity contribution in [2.45, 2.75) is 31.4 Å². The highest BCUT2D eigenvalue weighted by molar-refractivity contribution is 14.0. The lowest BCUT2D eigenvalue weighted by Crippen LogP contribution is -2.26. The van der Waals surface area contributed by atoms with Crippen molar-refractivity contribution < 1.29 is 8.42 Å². The molecule has 1 aromatic rings. The Hall–Kier alpha value is -0.830. The second kappa shape index (κ2) is 7.98. The summed E-state index contributed by atoms with van der Waals surface area (Å²) in [6, 6.07) is 7.93. The first-order valence-electron chi connectivity index (χ1n) is 6.88. The van der Waals surface area contributed by atoms with Gasteiger partial charge in [0.2, 0.25) is 0 Å². The third-order valence-corrected chi connectivity index (χ3v) is 5.82. The van der Waals surface area contributed by atoms with Crippen LogP contribution in [0, 0.1) is 0 Å². The summed E-state index contributed by atoms with van der Waals surface area (Å²) in [6.45, 7) is 2.34. The number of anilines is 1. The molecule has 0 aliphatic carbocycles. The van der Waals surface area contributed by atoms with E-state index in [0.717, 1.165) is 18.5 Å². The fraction of sp³-hybridized carbons (Fsp3) is 0.500. The molecule has 1 aliphatic rings. The van der Waals surface area contributed by atoms with E-state index in [9.17, 15) is 8.42 Å². The Morgan fingerprint density at radius 3 is 2.57 bits per heavy atom. The van der Waals surface area contributed by atoms with Gasteiger partial charge in [-0.1, -0.05) is 19.1 Å². The molecule has 0 aromatic heterocycles. The van der Waals surface area contributed by atoms with Crippen LogP contribution in [0.15, 0.2) is 29.3 Å². The highest BCUT2D eigenvalue weighted by atomic mass is 127. The van der Waals surface area contributed by atoms with Crippen molar-refractivity contribution in [3.8, 4) is 0 Å². The Labute approximate surface area is 143 Å². The number of nitrogens with two attached hydrogens (primary N) is 1. The molecule has 0 spiro atoms. The normalized spacial score (nSPS) is 20.8. The summed E-state index contributed by atoms with van der Waals surface area (Å²) < 4.78 is 23.3. The van der Waals surface area contributed by atoms with E-state index < -0.39 is 9.84 Å². The highest BCUT2D eigenvalue weighted by Crippen LogP contribution is 2.20. The van der Waals surface area contributed by atoms with E-state index in [1.54, 1.807) is 0 Å². The Bertz CT molecular complexity index is 585. The molecular formula is C14H22IN3O2S. The van der Waals surface area contributed by atoms with Gasteiger partial charge in [-0.15, -0.1) is 24.0 Å². The molecule has 1 heterocycles. The van der Waals surface area contributed by atoms with Gasteiger partial charge in [-0.25, -0.2) is 8.42 Å². The van der Waals surface area contributed by atoms with E-state index in [0.29, 0.717) is 6.42 Å². The summed E-state index contributed by atoms with van der Waals surface area (Å²) in [6.07, 6.45) is 2.40. The number of sulfone groups is 1. The molecule has 1 unspecified atom stereocenters. The average Bonchev–Trinajstić information content (AvgIpc) is 2.76. The summed E-state index contributed by atoms with van der Waals surface area (Å²) in [4.78, 5) is 4.14. The van der Waals surface area contributed by atoms with Crippen molar-refractivity contribution in [3.63, 3.8) is 0 Å². The first-order valence-corrected chi connectivity index (χ1v) is 8.60. The van der Waals surface area contributed by atoms with Crippen molar-refractivity contribution in [2.75, 3.05) is 17.6 Å². The topological polar surface area (TPSA) is 84.5 Å². The predicted octanol–water partition coefficient (Wildman–Crippen LogP) is 2.17. The Balaban J connectivity index is 0.00000220. The number of rotatable bonds is 4. The number of aryl methyl sites for hydroxylation is 1. The van der Waals surface area contributed by atoms with Crippen LogP contribution in [0.5, 0.6) is 0 Å². The zero-order chi connectivity index (χ0) is 14.6. The van der Waals surface area contributed by atoms with Crippen molar-refractivity contribution in [1.29, 1.82) is 0 Å². The molecule has 5 nitrogen and oxygen atoms in total. The number of halogens is 1. The van der Waals surface area contributed by atoms with E-state index in [-0.39, 0.29) is 47.5 Å². The summed E-state index contributed by atoms with van der Waals surface area (Å²) in [5, 5.41) is 2.61. The van der Waals surface area contributed by atoms with Crippen LogP contribution in [0.2, 0.25) is 0 Å². The second-order valence-corrected chi connectivity index (χ2v) is 7.43. The maximum Gasteiger partial charge on any atom is 0.193 e. The Morgan fingerprint density at radius 2 is 2.05 bits per heavy atom. The minimum atomic E-state index is -2.96. The number of hydrogen-bond donors (Lipinski definition) is 2. The monoisotopic (exact) mass is 423 g/mol. The SMILES string of the molecule is CCc1ccc(NC(N)=NCC2CCCS2(=O)=O)cc1.I. The average molecular weight is 423 g/mol. The molecule has 1 atom stereocenters. The van der Waals surface area contributed by atoms with Crippen LogP contribution in [0.1, 0.15) is 25.3 Å². The van der Waals surface area contributed by atoms with Crippen LogP contribution < -0.4 is 11.1 Å². The molecule has 7 heteroatoms. The van der Waals surface area contributed by atoms with Gasteiger partial charge in [0.05, 0.1) is 17.5 Å². The molecular weight excluding hydrogens is 401 g/mol. The van der Waals surface area contributed by atoms with E-state index in [1.165, 1.54) is 5.56 Å². The van der Waals surface area contributed by atoms with Gasteiger partial charge >= 0.3 is 0 Å². The molecule has 0 radical (unpaired) electrons. The van der Waals surface area contributed by atoms with E-state index in [1.807, 2.05) is 24.3 Å². The van der Waals surface area contributed by atoms with Gasteiger partial charge in [-0.2, -0.15) is 0 Å². The summed E-state index contributed by atoms with van der Waals surface area (Å²) in [7, 11) is -2.96. The summed E-state index contributed by atoms with van der Waals surface area (Å²) >= 11 is 0. The fourth-order valence-corrected chi connectivity index (χ4v) is 4.00. The summed E-state index contributed by atoms with van der Waals surface area (Å²) in [5.41, 5.74) is 7.90. The Morgan fingerprint density at radius 1 is 1.38 bits per heavy atom.